The van der Waals surface area contributed by atoms with Crippen LogP contribution in [0, 0.1) is 11.3 Å². The predicted octanol–water partition coefficient (Wildman–Crippen LogP) is 2.42. The van der Waals surface area contributed by atoms with Crippen molar-refractivity contribution in [2.45, 2.75) is 53.1 Å². The van der Waals surface area contributed by atoms with Gasteiger partial charge in [-0.15, -0.1) is 0 Å². The van der Waals surface area contributed by atoms with Gasteiger partial charge in [0.2, 0.25) is 0 Å². The van der Waals surface area contributed by atoms with E-state index >= 15 is 0 Å². The molecule has 2 unspecified atom stereocenters. The normalized spacial score (nSPS) is 32.2. The van der Waals surface area contributed by atoms with Crippen LogP contribution in [-0.4, -0.2) is 12.1 Å². The van der Waals surface area contributed by atoms with E-state index in [0.717, 1.165) is 18.0 Å². The molecule has 0 radical (unpaired) electrons. The highest BCUT2D eigenvalue weighted by molar-refractivity contribution is 4.96. The van der Waals surface area contributed by atoms with Gasteiger partial charge in [-0.2, -0.15) is 0 Å². The zero-order valence-electron chi connectivity index (χ0n) is 8.44. The zero-order chi connectivity index (χ0) is 8.65. The Morgan fingerprint density at radius 3 is 2.00 bits per heavy atom. The lowest BCUT2D eigenvalue weighted by Crippen LogP contribution is -2.60. The van der Waals surface area contributed by atoms with E-state index in [1.54, 1.807) is 0 Å². The lowest BCUT2D eigenvalue weighted by Gasteiger charge is -2.47. The third kappa shape index (κ3) is 1.96. The van der Waals surface area contributed by atoms with Crippen molar-refractivity contribution in [2.75, 3.05) is 0 Å². The van der Waals surface area contributed by atoms with Crippen LogP contribution in [0.2, 0.25) is 0 Å². The second-order valence-corrected chi connectivity index (χ2v) is 5.17. The molecule has 0 aromatic carbocycles. The van der Waals surface area contributed by atoms with Crippen LogP contribution in [0.3, 0.4) is 0 Å². The molecule has 1 rings (SSSR count). The van der Waals surface area contributed by atoms with Gasteiger partial charge in [0, 0.05) is 12.1 Å². The minimum atomic E-state index is 0.450. The summed E-state index contributed by atoms with van der Waals surface area (Å²) in [4.78, 5) is 0. The minimum Gasteiger partial charge on any atom is -0.310 e. The Bertz CT molecular complexity index is 126. The highest BCUT2D eigenvalue weighted by Gasteiger charge is 2.37. The number of nitrogens with one attached hydrogen (secondary N) is 1. The molecule has 1 N–H and O–H groups in total. The Kier molecular flexibility index (Phi) is 2.29. The Morgan fingerprint density at radius 2 is 1.73 bits per heavy atom. The van der Waals surface area contributed by atoms with Crippen molar-refractivity contribution in [1.29, 1.82) is 0 Å². The van der Waals surface area contributed by atoms with Gasteiger partial charge < -0.3 is 5.32 Å². The van der Waals surface area contributed by atoms with Gasteiger partial charge >= 0.3 is 0 Å². The molecular formula is C10H21N. The van der Waals surface area contributed by atoms with E-state index in [1.807, 2.05) is 0 Å². The summed E-state index contributed by atoms with van der Waals surface area (Å²) >= 11 is 0. The monoisotopic (exact) mass is 155 g/mol. The SMILES string of the molecule is CC(C)C1CC(C(C)(C)C)N1. The van der Waals surface area contributed by atoms with Crippen molar-refractivity contribution in [3.8, 4) is 0 Å². The summed E-state index contributed by atoms with van der Waals surface area (Å²) < 4.78 is 0. The second-order valence-electron chi connectivity index (χ2n) is 5.17. The molecule has 2 atom stereocenters. The lowest BCUT2D eigenvalue weighted by atomic mass is 9.75. The quantitative estimate of drug-likeness (QED) is 0.613. The smallest absolute Gasteiger partial charge is 0.0133 e. The van der Waals surface area contributed by atoms with Gasteiger partial charge in [0.25, 0.3) is 0 Å². The first kappa shape index (κ1) is 9.05. The first-order chi connectivity index (χ1) is 4.91. The Labute approximate surface area is 70.6 Å². The van der Waals surface area contributed by atoms with Crippen LogP contribution in [0.4, 0.5) is 0 Å². The molecule has 1 nitrogen and oxygen atoms in total. The highest BCUT2D eigenvalue weighted by atomic mass is 15.1. The number of rotatable bonds is 1. The van der Waals surface area contributed by atoms with E-state index in [1.165, 1.54) is 6.42 Å². The van der Waals surface area contributed by atoms with E-state index in [4.69, 9.17) is 0 Å². The minimum absolute atomic E-state index is 0.450. The molecule has 0 saturated carbocycles. The molecule has 1 heterocycles. The van der Waals surface area contributed by atoms with Crippen LogP contribution in [-0.2, 0) is 0 Å². The first-order valence-corrected chi connectivity index (χ1v) is 4.67. The second kappa shape index (κ2) is 2.78. The third-order valence-corrected chi connectivity index (χ3v) is 2.76. The van der Waals surface area contributed by atoms with Crippen LogP contribution in [0.15, 0.2) is 0 Å². The molecule has 0 spiro atoms. The molecule has 11 heavy (non-hydrogen) atoms. The highest BCUT2D eigenvalue weighted by Crippen LogP contribution is 2.31. The fourth-order valence-electron chi connectivity index (χ4n) is 1.56. The fraction of sp³-hybridized carbons (Fsp3) is 1.00. The first-order valence-electron chi connectivity index (χ1n) is 4.67. The molecule has 1 heteroatoms. The molecule has 1 fully saturated rings. The van der Waals surface area contributed by atoms with Gasteiger partial charge in [-0.25, -0.2) is 0 Å². The van der Waals surface area contributed by atoms with Crippen LogP contribution in [0.1, 0.15) is 41.0 Å². The van der Waals surface area contributed by atoms with Crippen molar-refractivity contribution in [3.05, 3.63) is 0 Å². The van der Waals surface area contributed by atoms with Crippen LogP contribution < -0.4 is 5.32 Å². The lowest BCUT2D eigenvalue weighted by molar-refractivity contribution is 0.112. The van der Waals surface area contributed by atoms with E-state index in [0.29, 0.717) is 5.41 Å². The third-order valence-electron chi connectivity index (χ3n) is 2.76. The molecule has 0 amide bonds. The van der Waals surface area contributed by atoms with E-state index in [9.17, 15) is 0 Å². The average Bonchev–Trinajstić information content (AvgIpc) is 1.51. The van der Waals surface area contributed by atoms with Crippen LogP contribution >= 0.6 is 0 Å². The molecule has 0 aromatic rings. The fourth-order valence-corrected chi connectivity index (χ4v) is 1.56. The van der Waals surface area contributed by atoms with Gasteiger partial charge in [-0.1, -0.05) is 34.6 Å². The molecule has 1 aliphatic rings. The molecule has 1 aliphatic heterocycles. The van der Waals surface area contributed by atoms with Crippen LogP contribution in [0.25, 0.3) is 0 Å². The molecule has 1 saturated heterocycles. The van der Waals surface area contributed by atoms with Gasteiger partial charge in [0.15, 0.2) is 0 Å². The van der Waals surface area contributed by atoms with Crippen molar-refractivity contribution in [1.82, 2.24) is 5.32 Å². The Balaban J connectivity index is 2.30. The van der Waals surface area contributed by atoms with Gasteiger partial charge in [-0.3, -0.25) is 0 Å². The summed E-state index contributed by atoms with van der Waals surface area (Å²) in [6.07, 6.45) is 1.36. The molecule has 0 bridgehead atoms. The zero-order valence-corrected chi connectivity index (χ0v) is 8.44. The van der Waals surface area contributed by atoms with E-state index < -0.39 is 0 Å². The molecular weight excluding hydrogens is 134 g/mol. The Morgan fingerprint density at radius 1 is 1.27 bits per heavy atom. The van der Waals surface area contributed by atoms with Crippen molar-refractivity contribution in [2.24, 2.45) is 11.3 Å². The van der Waals surface area contributed by atoms with Gasteiger partial charge in [0.1, 0.15) is 0 Å². The largest absolute Gasteiger partial charge is 0.310 e. The van der Waals surface area contributed by atoms with Crippen molar-refractivity contribution >= 4 is 0 Å². The molecule has 66 valence electrons. The number of hydrogen-bond donors (Lipinski definition) is 1. The Hall–Kier alpha value is -0.0400. The van der Waals surface area contributed by atoms with Crippen LogP contribution in [0.5, 0.6) is 0 Å². The predicted molar refractivity (Wildman–Crippen MR) is 49.6 cm³/mol. The van der Waals surface area contributed by atoms with Gasteiger partial charge in [0.05, 0.1) is 0 Å². The summed E-state index contributed by atoms with van der Waals surface area (Å²) in [5.74, 6) is 0.800. The summed E-state index contributed by atoms with van der Waals surface area (Å²) in [6.45, 7) is 11.5. The summed E-state index contributed by atoms with van der Waals surface area (Å²) in [7, 11) is 0. The topological polar surface area (TPSA) is 12.0 Å². The van der Waals surface area contributed by atoms with E-state index in [-0.39, 0.29) is 0 Å². The molecule has 0 aliphatic carbocycles. The maximum absolute atomic E-state index is 3.62. The van der Waals surface area contributed by atoms with Gasteiger partial charge in [-0.05, 0) is 17.8 Å². The van der Waals surface area contributed by atoms with E-state index in [2.05, 4.69) is 39.9 Å². The van der Waals surface area contributed by atoms with Crippen molar-refractivity contribution in [3.63, 3.8) is 0 Å². The standard InChI is InChI=1S/C10H21N/c1-7(2)8-6-9(11-8)10(3,4)5/h7-9,11H,6H2,1-5H3. The summed E-state index contributed by atoms with van der Waals surface area (Å²) in [6, 6.07) is 1.52. The summed E-state index contributed by atoms with van der Waals surface area (Å²) in [5.41, 5.74) is 0.450. The summed E-state index contributed by atoms with van der Waals surface area (Å²) in [5, 5.41) is 3.62. The van der Waals surface area contributed by atoms with Crippen molar-refractivity contribution < 1.29 is 0 Å². The number of hydrogen-bond acceptors (Lipinski definition) is 1. The average molecular weight is 155 g/mol. The maximum atomic E-state index is 3.62. The molecule has 0 aromatic heterocycles. The maximum Gasteiger partial charge on any atom is 0.0133 e.